The fourth-order valence-corrected chi connectivity index (χ4v) is 3.98. The predicted molar refractivity (Wildman–Crippen MR) is 115 cm³/mol. The van der Waals surface area contributed by atoms with Crippen LogP contribution in [0.25, 0.3) is 33.2 Å². The highest BCUT2D eigenvalue weighted by molar-refractivity contribution is 6.02. The van der Waals surface area contributed by atoms with Crippen molar-refractivity contribution in [3.05, 3.63) is 90.6 Å². The van der Waals surface area contributed by atoms with Crippen molar-refractivity contribution < 1.29 is 28.5 Å². The summed E-state index contributed by atoms with van der Waals surface area (Å²) < 4.78 is 2.53. The maximum absolute atomic E-state index is 2.53. The van der Waals surface area contributed by atoms with Crippen LogP contribution in [0.3, 0.4) is 0 Å². The second kappa shape index (κ2) is 9.33. The van der Waals surface area contributed by atoms with Gasteiger partial charge in [-0.05, 0) is 23.8 Å². The van der Waals surface area contributed by atoms with Crippen molar-refractivity contribution in [2.24, 2.45) is 0 Å². The molecular formula is C26H26IN. The van der Waals surface area contributed by atoms with Gasteiger partial charge in [0.25, 0.3) is 0 Å². The number of hydrogen-bond acceptors (Lipinski definition) is 0. The second-order valence-corrected chi connectivity index (χ2v) is 7.09. The Bertz CT molecular complexity index is 1060. The summed E-state index contributed by atoms with van der Waals surface area (Å²) in [6.45, 7) is 5.56. The van der Waals surface area contributed by atoms with Gasteiger partial charge in [-0.1, -0.05) is 80.1 Å². The number of rotatable bonds is 5. The van der Waals surface area contributed by atoms with E-state index in [2.05, 4.69) is 103 Å². The average Bonchev–Trinajstić information content (AvgIpc) is 2.74. The third-order valence-electron chi connectivity index (χ3n) is 5.34. The van der Waals surface area contributed by atoms with Crippen molar-refractivity contribution in [1.29, 1.82) is 0 Å². The molecule has 0 aliphatic carbocycles. The van der Waals surface area contributed by atoms with Crippen molar-refractivity contribution >= 4 is 10.8 Å². The quantitative estimate of drug-likeness (QED) is 0.305. The molecule has 0 fully saturated rings. The predicted octanol–water partition coefficient (Wildman–Crippen LogP) is 3.57. The number of hydrogen-bond donors (Lipinski definition) is 0. The molecule has 0 radical (unpaired) electrons. The number of unbranched alkanes of at least 4 members (excludes halogenated alkanes) is 1. The first-order valence-corrected chi connectivity index (χ1v) is 9.87. The lowest BCUT2D eigenvalue weighted by Crippen LogP contribution is -3.00. The lowest BCUT2D eigenvalue weighted by molar-refractivity contribution is -0.690. The molecule has 2 heteroatoms. The van der Waals surface area contributed by atoms with Crippen LogP contribution in [-0.2, 0) is 6.54 Å². The first-order chi connectivity index (χ1) is 13.3. The summed E-state index contributed by atoms with van der Waals surface area (Å²) in [4.78, 5) is 0. The van der Waals surface area contributed by atoms with Crippen molar-refractivity contribution in [1.82, 2.24) is 0 Å². The van der Waals surface area contributed by atoms with E-state index in [9.17, 15) is 0 Å². The van der Waals surface area contributed by atoms with E-state index in [4.69, 9.17) is 0 Å². The van der Waals surface area contributed by atoms with E-state index in [1.807, 2.05) is 0 Å². The molecule has 0 amide bonds. The summed E-state index contributed by atoms with van der Waals surface area (Å²) in [5.74, 6) is 0. The van der Waals surface area contributed by atoms with E-state index in [1.54, 1.807) is 0 Å². The minimum atomic E-state index is 0. The van der Waals surface area contributed by atoms with Gasteiger partial charge < -0.3 is 24.0 Å². The van der Waals surface area contributed by atoms with Crippen molar-refractivity contribution in [2.45, 2.75) is 33.2 Å². The molecular weight excluding hydrogens is 453 g/mol. The summed E-state index contributed by atoms with van der Waals surface area (Å²) in [6, 6.07) is 30.5. The first-order valence-electron chi connectivity index (χ1n) is 9.87. The molecule has 142 valence electrons. The molecule has 0 N–H and O–H groups in total. The fraction of sp³-hybridized carbons (Fsp3) is 0.192. The molecule has 1 aromatic heterocycles. The van der Waals surface area contributed by atoms with E-state index in [0.29, 0.717) is 0 Å². The van der Waals surface area contributed by atoms with Gasteiger partial charge >= 0.3 is 0 Å². The number of benzene rings is 3. The van der Waals surface area contributed by atoms with Gasteiger partial charge in [0.2, 0.25) is 5.69 Å². The SMILES string of the molecule is CCCC[n+]1c(-c2ccccc2)c(-c2ccccc2)c2ccccc2c1C.[I-]. The molecule has 4 rings (SSSR count). The molecule has 0 aliphatic rings. The lowest BCUT2D eigenvalue weighted by Gasteiger charge is -2.16. The minimum absolute atomic E-state index is 0. The van der Waals surface area contributed by atoms with Gasteiger partial charge in [-0.15, -0.1) is 0 Å². The maximum Gasteiger partial charge on any atom is 0.221 e. The van der Waals surface area contributed by atoms with E-state index in [1.165, 1.54) is 51.7 Å². The number of aryl methyl sites for hydroxylation is 1. The Labute approximate surface area is 185 Å². The van der Waals surface area contributed by atoms with E-state index >= 15 is 0 Å². The number of fused-ring (bicyclic) bond motifs is 1. The largest absolute Gasteiger partial charge is 1.00 e. The Morgan fingerprint density at radius 1 is 0.679 bits per heavy atom. The molecule has 28 heavy (non-hydrogen) atoms. The zero-order valence-electron chi connectivity index (χ0n) is 16.5. The zero-order valence-corrected chi connectivity index (χ0v) is 18.7. The molecule has 0 bridgehead atoms. The summed E-state index contributed by atoms with van der Waals surface area (Å²) in [5.41, 5.74) is 6.56. The minimum Gasteiger partial charge on any atom is -1.00 e. The molecule has 4 aromatic rings. The topological polar surface area (TPSA) is 3.88 Å². The fourth-order valence-electron chi connectivity index (χ4n) is 3.98. The standard InChI is InChI=1S/C26H26N.HI/c1-3-4-19-27-20(2)23-17-11-12-18-24(23)25(21-13-7-5-8-14-21)26(27)22-15-9-6-10-16-22;/h5-18H,3-4,19H2,1-2H3;1H/q+1;/p-1. The van der Waals surface area contributed by atoms with Gasteiger partial charge in [0.05, 0.1) is 5.56 Å². The molecule has 0 saturated heterocycles. The second-order valence-electron chi connectivity index (χ2n) is 7.09. The third-order valence-corrected chi connectivity index (χ3v) is 5.34. The molecule has 3 aromatic carbocycles. The van der Waals surface area contributed by atoms with Crippen molar-refractivity contribution in [3.8, 4) is 22.4 Å². The van der Waals surface area contributed by atoms with E-state index in [-0.39, 0.29) is 24.0 Å². The monoisotopic (exact) mass is 479 g/mol. The van der Waals surface area contributed by atoms with Crippen LogP contribution < -0.4 is 28.5 Å². The van der Waals surface area contributed by atoms with Crippen LogP contribution in [0.1, 0.15) is 25.5 Å². The van der Waals surface area contributed by atoms with Gasteiger partial charge in [0.1, 0.15) is 6.54 Å². The number of halogens is 1. The van der Waals surface area contributed by atoms with Crippen LogP contribution in [0.15, 0.2) is 84.9 Å². The summed E-state index contributed by atoms with van der Waals surface area (Å²) >= 11 is 0. The summed E-state index contributed by atoms with van der Waals surface area (Å²) in [6.07, 6.45) is 2.37. The van der Waals surface area contributed by atoms with Gasteiger partial charge in [0.15, 0.2) is 5.69 Å². The molecule has 0 atom stereocenters. The van der Waals surface area contributed by atoms with E-state index in [0.717, 1.165) is 6.54 Å². The van der Waals surface area contributed by atoms with Gasteiger partial charge in [0, 0.05) is 29.7 Å². The van der Waals surface area contributed by atoms with Crippen LogP contribution in [0.4, 0.5) is 0 Å². The maximum atomic E-state index is 2.53. The van der Waals surface area contributed by atoms with E-state index < -0.39 is 0 Å². The Hall–Kier alpha value is -2.20. The number of pyridine rings is 1. The Morgan fingerprint density at radius 3 is 1.82 bits per heavy atom. The normalized spacial score (nSPS) is 10.6. The third kappa shape index (κ3) is 3.83. The highest BCUT2D eigenvalue weighted by Gasteiger charge is 2.26. The summed E-state index contributed by atoms with van der Waals surface area (Å²) in [7, 11) is 0. The van der Waals surface area contributed by atoms with Crippen LogP contribution in [0.2, 0.25) is 0 Å². The van der Waals surface area contributed by atoms with Crippen LogP contribution in [0.5, 0.6) is 0 Å². The van der Waals surface area contributed by atoms with Gasteiger partial charge in [-0.3, -0.25) is 0 Å². The number of aromatic nitrogens is 1. The zero-order chi connectivity index (χ0) is 18.6. The van der Waals surface area contributed by atoms with Gasteiger partial charge in [-0.25, -0.2) is 0 Å². The van der Waals surface area contributed by atoms with Crippen molar-refractivity contribution in [3.63, 3.8) is 0 Å². The molecule has 0 unspecified atom stereocenters. The average molecular weight is 479 g/mol. The Kier molecular flexibility index (Phi) is 6.84. The number of nitrogens with zero attached hydrogens (tertiary/aromatic N) is 1. The molecule has 1 heterocycles. The highest BCUT2D eigenvalue weighted by Crippen LogP contribution is 2.36. The molecule has 0 saturated carbocycles. The van der Waals surface area contributed by atoms with Gasteiger partial charge in [-0.2, -0.15) is 4.57 Å². The first kappa shape index (κ1) is 20.5. The Balaban J connectivity index is 0.00000225. The molecule has 0 aliphatic heterocycles. The van der Waals surface area contributed by atoms with Crippen LogP contribution in [-0.4, -0.2) is 0 Å². The summed E-state index contributed by atoms with van der Waals surface area (Å²) in [5, 5.41) is 2.67. The van der Waals surface area contributed by atoms with Crippen LogP contribution >= 0.6 is 0 Å². The Morgan fingerprint density at radius 2 is 1.21 bits per heavy atom. The molecule has 0 spiro atoms. The van der Waals surface area contributed by atoms with Crippen molar-refractivity contribution in [2.75, 3.05) is 0 Å². The smallest absolute Gasteiger partial charge is 0.221 e. The highest BCUT2D eigenvalue weighted by atomic mass is 127. The molecule has 1 nitrogen and oxygen atoms in total. The lowest BCUT2D eigenvalue weighted by atomic mass is 9.92. The van der Waals surface area contributed by atoms with Crippen LogP contribution in [0, 0.1) is 6.92 Å².